The molecule has 1 aliphatic heterocycles. The van der Waals surface area contributed by atoms with Crippen LogP contribution in [0.1, 0.15) is 12.8 Å². The smallest absolute Gasteiger partial charge is 0.0778 e. The molecule has 1 aromatic carbocycles. The van der Waals surface area contributed by atoms with Crippen molar-refractivity contribution in [3.8, 4) is 0 Å². The van der Waals surface area contributed by atoms with Gasteiger partial charge in [0.25, 0.3) is 0 Å². The van der Waals surface area contributed by atoms with E-state index in [1.165, 1.54) is 0 Å². The zero-order chi connectivity index (χ0) is 13.2. The van der Waals surface area contributed by atoms with Crippen LogP contribution in [0.3, 0.4) is 0 Å². The van der Waals surface area contributed by atoms with Gasteiger partial charge < -0.3 is 0 Å². The lowest BCUT2D eigenvalue weighted by atomic mass is 10.2. The molecule has 0 fully saturated rings. The Morgan fingerprint density at radius 1 is 1.28 bits per heavy atom. The van der Waals surface area contributed by atoms with Gasteiger partial charge >= 0.3 is 0 Å². The van der Waals surface area contributed by atoms with Crippen LogP contribution in [0.5, 0.6) is 0 Å². The van der Waals surface area contributed by atoms with Crippen molar-refractivity contribution in [1.82, 2.24) is 0 Å². The van der Waals surface area contributed by atoms with Gasteiger partial charge in [-0.1, -0.05) is 37.8 Å². The monoisotopic (exact) mass is 281 g/mol. The molecule has 0 saturated carbocycles. The Labute approximate surface area is 112 Å². The summed E-state index contributed by atoms with van der Waals surface area (Å²) >= 11 is 0. The van der Waals surface area contributed by atoms with Crippen molar-refractivity contribution in [2.24, 2.45) is 4.36 Å². The van der Waals surface area contributed by atoms with Crippen LogP contribution in [0.15, 0.2) is 39.6 Å². The van der Waals surface area contributed by atoms with Gasteiger partial charge in [-0.05, 0) is 31.0 Å². The molecule has 0 bridgehead atoms. The van der Waals surface area contributed by atoms with Gasteiger partial charge in [0.15, 0.2) is 0 Å². The second-order valence-corrected chi connectivity index (χ2v) is 14.3. The van der Waals surface area contributed by atoms with E-state index in [1.54, 1.807) is 0 Å². The molecule has 2 atom stereocenters. The van der Waals surface area contributed by atoms with E-state index in [0.29, 0.717) is 0 Å². The molecule has 0 aliphatic carbocycles. The largest absolute Gasteiger partial charge is 0.244 e. The Bertz CT molecular complexity index is 512. The Hall–Kier alpha value is -0.613. The van der Waals surface area contributed by atoms with Gasteiger partial charge in [0.1, 0.15) is 0 Å². The van der Waals surface area contributed by atoms with Crippen molar-refractivity contribution in [2.45, 2.75) is 48.7 Å². The third-order valence-corrected chi connectivity index (χ3v) is 8.17. The fourth-order valence-electron chi connectivity index (χ4n) is 2.56. The number of hydrogen-bond donors (Lipinski definition) is 0. The number of benzene rings is 1. The summed E-state index contributed by atoms with van der Waals surface area (Å²) in [7, 11) is -3.39. The summed E-state index contributed by atoms with van der Waals surface area (Å²) in [6.45, 7) is 7.82. The lowest BCUT2D eigenvalue weighted by molar-refractivity contribution is 0.627. The Morgan fingerprint density at radius 2 is 1.94 bits per heavy atom. The maximum Gasteiger partial charge on any atom is 0.0778 e. The number of nitrogens with zero attached hydrogens (tertiary/aromatic N) is 1. The first kappa shape index (κ1) is 13.8. The molecular formula is C14H23NOSSi. The molecule has 2 nitrogen and oxygen atoms in total. The zero-order valence-corrected chi connectivity index (χ0v) is 13.4. The normalized spacial score (nSPS) is 28.7. The van der Waals surface area contributed by atoms with E-state index >= 15 is 0 Å². The van der Waals surface area contributed by atoms with Crippen LogP contribution in [0.4, 0.5) is 0 Å². The minimum atomic E-state index is -2.18. The van der Waals surface area contributed by atoms with Gasteiger partial charge in [-0.2, -0.15) is 0 Å². The maximum absolute atomic E-state index is 13.3. The Morgan fingerprint density at radius 3 is 2.56 bits per heavy atom. The molecule has 1 aliphatic rings. The molecular weight excluding hydrogens is 258 g/mol. The molecule has 0 N–H and O–H groups in total. The highest BCUT2D eigenvalue weighted by Gasteiger charge is 2.31. The molecule has 0 aromatic heterocycles. The van der Waals surface area contributed by atoms with E-state index < -0.39 is 17.8 Å². The first-order valence-electron chi connectivity index (χ1n) is 6.69. The van der Waals surface area contributed by atoms with Gasteiger partial charge in [-0.15, -0.1) is 0 Å². The minimum absolute atomic E-state index is 0.264. The molecule has 4 heteroatoms. The lowest BCUT2D eigenvalue weighted by Gasteiger charge is -2.30. The second kappa shape index (κ2) is 5.17. The minimum Gasteiger partial charge on any atom is -0.244 e. The van der Waals surface area contributed by atoms with E-state index in [2.05, 4.69) is 24.0 Å². The van der Waals surface area contributed by atoms with Crippen LogP contribution in [-0.2, 0) is 9.73 Å². The van der Waals surface area contributed by atoms with Crippen LogP contribution in [0.25, 0.3) is 0 Å². The number of hydrogen-bond acceptors (Lipinski definition) is 2. The van der Waals surface area contributed by atoms with E-state index in [0.717, 1.165) is 30.3 Å². The van der Waals surface area contributed by atoms with E-state index in [4.69, 9.17) is 0 Å². The summed E-state index contributed by atoms with van der Waals surface area (Å²) in [5.74, 6) is 0. The standard InChI is InChI=1S/C14H23NOSSi/c1-18(2,3)12-14-10-7-11-15-17(14,16)13-8-5-4-6-9-13/h4-6,8-9,14H,7,10-12H2,1-3H3/t14?,17-/m0/s1. The fraction of sp³-hybridized carbons (Fsp3) is 0.571. The highest BCUT2D eigenvalue weighted by atomic mass is 32.2. The van der Waals surface area contributed by atoms with Crippen molar-refractivity contribution < 1.29 is 4.21 Å². The molecule has 100 valence electrons. The average Bonchev–Trinajstić information content (AvgIpc) is 2.32. The van der Waals surface area contributed by atoms with Gasteiger partial charge in [-0.25, -0.2) is 8.57 Å². The molecule has 1 aromatic rings. The zero-order valence-electron chi connectivity index (χ0n) is 11.6. The van der Waals surface area contributed by atoms with Gasteiger partial charge in [0, 0.05) is 24.8 Å². The van der Waals surface area contributed by atoms with Crippen molar-refractivity contribution >= 4 is 17.8 Å². The lowest BCUT2D eigenvalue weighted by Crippen LogP contribution is -2.34. The summed E-state index contributed by atoms with van der Waals surface area (Å²) in [5, 5.41) is 0.264. The Kier molecular flexibility index (Phi) is 3.97. The van der Waals surface area contributed by atoms with Crippen LogP contribution in [0, 0.1) is 0 Å². The van der Waals surface area contributed by atoms with Gasteiger partial charge in [0.05, 0.1) is 9.73 Å². The van der Waals surface area contributed by atoms with E-state index in [-0.39, 0.29) is 5.25 Å². The quantitative estimate of drug-likeness (QED) is 0.770. The molecule has 0 saturated heterocycles. The van der Waals surface area contributed by atoms with Crippen LogP contribution in [-0.4, -0.2) is 24.1 Å². The van der Waals surface area contributed by atoms with Crippen molar-refractivity contribution in [3.05, 3.63) is 30.3 Å². The molecule has 1 heterocycles. The third kappa shape index (κ3) is 3.04. The summed E-state index contributed by atoms with van der Waals surface area (Å²) in [5.41, 5.74) is 0. The van der Waals surface area contributed by atoms with Crippen molar-refractivity contribution in [1.29, 1.82) is 0 Å². The van der Waals surface area contributed by atoms with Gasteiger partial charge in [-0.3, -0.25) is 0 Å². The highest BCUT2D eigenvalue weighted by molar-refractivity contribution is 7.94. The fourth-order valence-corrected chi connectivity index (χ4v) is 8.72. The summed E-state index contributed by atoms with van der Waals surface area (Å²) in [6.07, 6.45) is 2.17. The van der Waals surface area contributed by atoms with Crippen LogP contribution in [0.2, 0.25) is 25.7 Å². The third-order valence-electron chi connectivity index (χ3n) is 3.34. The molecule has 0 spiro atoms. The SMILES string of the molecule is C[Si](C)(C)CC1CCCN=[S@]1(=O)c1ccccc1. The second-order valence-electron chi connectivity index (χ2n) is 6.26. The van der Waals surface area contributed by atoms with E-state index in [1.807, 2.05) is 30.3 Å². The van der Waals surface area contributed by atoms with E-state index in [9.17, 15) is 4.21 Å². The maximum atomic E-state index is 13.3. The highest BCUT2D eigenvalue weighted by Crippen LogP contribution is 2.31. The van der Waals surface area contributed by atoms with Gasteiger partial charge in [0.2, 0.25) is 0 Å². The van der Waals surface area contributed by atoms with Crippen molar-refractivity contribution in [2.75, 3.05) is 6.54 Å². The molecule has 0 radical (unpaired) electrons. The van der Waals surface area contributed by atoms with Crippen LogP contribution < -0.4 is 0 Å². The summed E-state index contributed by atoms with van der Waals surface area (Å²) in [6, 6.07) is 11.0. The predicted molar refractivity (Wildman–Crippen MR) is 81.3 cm³/mol. The molecule has 2 rings (SSSR count). The first-order chi connectivity index (χ1) is 8.42. The predicted octanol–water partition coefficient (Wildman–Crippen LogP) is 4.01. The summed E-state index contributed by atoms with van der Waals surface area (Å²) < 4.78 is 17.8. The molecule has 0 amide bonds. The Balaban J connectivity index is 2.39. The topological polar surface area (TPSA) is 29.4 Å². The number of rotatable bonds is 3. The first-order valence-corrected chi connectivity index (χ1v) is 12.0. The average molecular weight is 281 g/mol. The molecule has 1 unspecified atom stereocenters. The van der Waals surface area contributed by atoms with Crippen LogP contribution >= 0.6 is 0 Å². The summed E-state index contributed by atoms with van der Waals surface area (Å²) in [4.78, 5) is 0.938. The molecule has 18 heavy (non-hydrogen) atoms. The van der Waals surface area contributed by atoms with Crippen molar-refractivity contribution in [3.63, 3.8) is 0 Å².